The van der Waals surface area contributed by atoms with Gasteiger partial charge in [0.2, 0.25) is 0 Å². The Morgan fingerprint density at radius 3 is 3.00 bits per heavy atom. The number of aromatic nitrogens is 2. The number of benzene rings is 1. The van der Waals surface area contributed by atoms with Crippen molar-refractivity contribution in [2.45, 2.75) is 6.54 Å². The Kier molecular flexibility index (Phi) is 3.10. The summed E-state index contributed by atoms with van der Waals surface area (Å²) in [6.07, 6.45) is 3.54. The zero-order valence-corrected chi connectivity index (χ0v) is 9.50. The maximum atomic E-state index is 13.5. The fraction of sp³-hybridized carbons (Fsp3) is 0.182. The highest BCUT2D eigenvalue weighted by Crippen LogP contribution is 2.22. The van der Waals surface area contributed by atoms with Crippen LogP contribution >= 0.6 is 11.6 Å². The van der Waals surface area contributed by atoms with Crippen LogP contribution in [0.15, 0.2) is 30.6 Å². The lowest BCUT2D eigenvalue weighted by Crippen LogP contribution is -2.06. The zero-order valence-electron chi connectivity index (χ0n) is 8.74. The van der Waals surface area contributed by atoms with Crippen LogP contribution in [0.4, 0.5) is 10.1 Å². The minimum Gasteiger partial charge on any atom is -0.375 e. The van der Waals surface area contributed by atoms with E-state index >= 15 is 0 Å². The second kappa shape index (κ2) is 4.53. The second-order valence-corrected chi connectivity index (χ2v) is 3.82. The third-order valence-corrected chi connectivity index (χ3v) is 2.60. The molecule has 0 aliphatic heterocycles. The van der Waals surface area contributed by atoms with Crippen LogP contribution < -0.4 is 5.32 Å². The molecule has 1 N–H and O–H groups in total. The molecule has 2 aromatic rings. The molecule has 0 atom stereocenters. The van der Waals surface area contributed by atoms with Gasteiger partial charge in [-0.1, -0.05) is 17.7 Å². The van der Waals surface area contributed by atoms with E-state index in [0.29, 0.717) is 12.2 Å². The van der Waals surface area contributed by atoms with Crippen LogP contribution in [0.1, 0.15) is 5.82 Å². The van der Waals surface area contributed by atoms with Crippen molar-refractivity contribution in [3.63, 3.8) is 0 Å². The van der Waals surface area contributed by atoms with Crippen molar-refractivity contribution >= 4 is 17.3 Å². The molecule has 1 aromatic carbocycles. The van der Waals surface area contributed by atoms with Crippen LogP contribution in [-0.2, 0) is 13.6 Å². The quantitative estimate of drug-likeness (QED) is 0.893. The van der Waals surface area contributed by atoms with Gasteiger partial charge in [-0.05, 0) is 12.1 Å². The topological polar surface area (TPSA) is 29.9 Å². The van der Waals surface area contributed by atoms with Gasteiger partial charge in [0.15, 0.2) is 5.82 Å². The molecule has 1 aromatic heterocycles. The average molecular weight is 240 g/mol. The van der Waals surface area contributed by atoms with E-state index in [-0.39, 0.29) is 5.02 Å². The van der Waals surface area contributed by atoms with Crippen molar-refractivity contribution in [2.75, 3.05) is 5.32 Å². The summed E-state index contributed by atoms with van der Waals surface area (Å²) in [4.78, 5) is 4.13. The van der Waals surface area contributed by atoms with E-state index in [1.54, 1.807) is 18.3 Å². The lowest BCUT2D eigenvalue weighted by molar-refractivity contribution is 0.630. The Morgan fingerprint density at radius 1 is 1.50 bits per heavy atom. The van der Waals surface area contributed by atoms with Crippen LogP contribution in [0, 0.1) is 5.82 Å². The van der Waals surface area contributed by atoms with Gasteiger partial charge in [-0.3, -0.25) is 0 Å². The number of anilines is 1. The van der Waals surface area contributed by atoms with Gasteiger partial charge in [0, 0.05) is 19.4 Å². The molecular formula is C11H11ClFN3. The molecule has 0 radical (unpaired) electrons. The molecule has 0 fully saturated rings. The molecule has 3 nitrogen and oxygen atoms in total. The third kappa shape index (κ3) is 2.17. The molecule has 0 aliphatic carbocycles. The van der Waals surface area contributed by atoms with E-state index in [1.165, 1.54) is 6.07 Å². The molecule has 0 saturated heterocycles. The number of hydrogen-bond donors (Lipinski definition) is 1. The van der Waals surface area contributed by atoms with Crippen molar-refractivity contribution < 1.29 is 4.39 Å². The first kappa shape index (κ1) is 11.0. The Bertz CT molecular complexity index is 496. The minimum atomic E-state index is -0.432. The Morgan fingerprint density at radius 2 is 2.31 bits per heavy atom. The SMILES string of the molecule is Cn1ccnc1CNc1cccc(Cl)c1F. The van der Waals surface area contributed by atoms with Crippen LogP contribution in [0.5, 0.6) is 0 Å². The molecular weight excluding hydrogens is 229 g/mol. The van der Waals surface area contributed by atoms with E-state index in [2.05, 4.69) is 10.3 Å². The smallest absolute Gasteiger partial charge is 0.164 e. The van der Waals surface area contributed by atoms with Gasteiger partial charge >= 0.3 is 0 Å². The number of nitrogens with zero attached hydrogens (tertiary/aromatic N) is 2. The maximum Gasteiger partial charge on any atom is 0.164 e. The van der Waals surface area contributed by atoms with Crippen molar-refractivity contribution in [2.24, 2.45) is 7.05 Å². The van der Waals surface area contributed by atoms with E-state index < -0.39 is 5.82 Å². The zero-order chi connectivity index (χ0) is 11.5. The number of nitrogens with one attached hydrogen (secondary N) is 1. The molecule has 0 unspecified atom stereocenters. The van der Waals surface area contributed by atoms with E-state index in [1.807, 2.05) is 17.8 Å². The molecule has 2 rings (SSSR count). The molecule has 16 heavy (non-hydrogen) atoms. The molecule has 0 saturated carbocycles. The molecule has 0 spiro atoms. The van der Waals surface area contributed by atoms with Crippen molar-refractivity contribution in [1.82, 2.24) is 9.55 Å². The highest BCUT2D eigenvalue weighted by molar-refractivity contribution is 6.31. The summed E-state index contributed by atoms with van der Waals surface area (Å²) in [7, 11) is 1.89. The molecule has 84 valence electrons. The molecule has 0 amide bonds. The fourth-order valence-corrected chi connectivity index (χ4v) is 1.56. The molecule has 1 heterocycles. The fourth-order valence-electron chi connectivity index (χ4n) is 1.38. The standard InChI is InChI=1S/C11H11ClFN3/c1-16-6-5-14-10(16)7-15-9-4-2-3-8(12)11(9)13/h2-6,15H,7H2,1H3. The normalized spacial score (nSPS) is 10.4. The third-order valence-electron chi connectivity index (χ3n) is 2.31. The maximum absolute atomic E-state index is 13.5. The van der Waals surface area contributed by atoms with Gasteiger partial charge in [-0.25, -0.2) is 9.37 Å². The Balaban J connectivity index is 2.11. The average Bonchev–Trinajstić information content (AvgIpc) is 2.67. The van der Waals surface area contributed by atoms with E-state index in [4.69, 9.17) is 11.6 Å². The Hall–Kier alpha value is -1.55. The van der Waals surface area contributed by atoms with Gasteiger partial charge in [0.25, 0.3) is 0 Å². The molecule has 0 bridgehead atoms. The summed E-state index contributed by atoms with van der Waals surface area (Å²) < 4.78 is 15.4. The van der Waals surface area contributed by atoms with Crippen molar-refractivity contribution in [3.8, 4) is 0 Å². The summed E-state index contributed by atoms with van der Waals surface area (Å²) in [5, 5.41) is 3.07. The number of rotatable bonds is 3. The summed E-state index contributed by atoms with van der Waals surface area (Å²) in [5.74, 6) is 0.401. The second-order valence-electron chi connectivity index (χ2n) is 3.41. The van der Waals surface area contributed by atoms with Crippen LogP contribution in [-0.4, -0.2) is 9.55 Å². The summed E-state index contributed by atoms with van der Waals surface area (Å²) in [5.41, 5.74) is 0.385. The summed E-state index contributed by atoms with van der Waals surface area (Å²) >= 11 is 5.67. The lowest BCUT2D eigenvalue weighted by Gasteiger charge is -2.08. The highest BCUT2D eigenvalue weighted by atomic mass is 35.5. The number of aryl methyl sites for hydroxylation is 1. The van der Waals surface area contributed by atoms with Crippen molar-refractivity contribution in [1.29, 1.82) is 0 Å². The van der Waals surface area contributed by atoms with Crippen LogP contribution in [0.25, 0.3) is 0 Å². The monoisotopic (exact) mass is 239 g/mol. The van der Waals surface area contributed by atoms with Gasteiger partial charge in [-0.15, -0.1) is 0 Å². The van der Waals surface area contributed by atoms with Crippen LogP contribution in [0.3, 0.4) is 0 Å². The van der Waals surface area contributed by atoms with Crippen molar-refractivity contribution in [3.05, 3.63) is 47.3 Å². The van der Waals surface area contributed by atoms with Gasteiger partial charge in [0.1, 0.15) is 5.82 Å². The predicted molar refractivity (Wildman–Crippen MR) is 61.9 cm³/mol. The largest absolute Gasteiger partial charge is 0.375 e. The first-order chi connectivity index (χ1) is 7.68. The minimum absolute atomic E-state index is 0.116. The molecule has 0 aliphatic rings. The number of imidazole rings is 1. The highest BCUT2D eigenvalue weighted by Gasteiger charge is 2.06. The molecule has 5 heteroatoms. The lowest BCUT2D eigenvalue weighted by atomic mass is 10.3. The van der Waals surface area contributed by atoms with Crippen LogP contribution in [0.2, 0.25) is 5.02 Å². The van der Waals surface area contributed by atoms with Gasteiger partial charge in [-0.2, -0.15) is 0 Å². The van der Waals surface area contributed by atoms with Gasteiger partial charge in [0.05, 0.1) is 17.3 Å². The Labute approximate surface area is 97.9 Å². The van der Waals surface area contributed by atoms with E-state index in [0.717, 1.165) is 5.82 Å². The number of hydrogen-bond acceptors (Lipinski definition) is 2. The summed E-state index contributed by atoms with van der Waals surface area (Å²) in [6.45, 7) is 0.459. The van der Waals surface area contributed by atoms with Gasteiger partial charge < -0.3 is 9.88 Å². The van der Waals surface area contributed by atoms with E-state index in [9.17, 15) is 4.39 Å². The summed E-state index contributed by atoms with van der Waals surface area (Å²) in [6, 6.07) is 4.86. The first-order valence-electron chi connectivity index (χ1n) is 4.82. The predicted octanol–water partition coefficient (Wildman–Crippen LogP) is 2.82. The number of halogens is 2. The first-order valence-corrected chi connectivity index (χ1v) is 5.20.